The van der Waals surface area contributed by atoms with Gasteiger partial charge in [-0.3, -0.25) is 0 Å². The Labute approximate surface area is 183 Å². The molecule has 0 spiro atoms. The molecule has 9 heteroatoms. The van der Waals surface area contributed by atoms with Crippen LogP contribution in [0.3, 0.4) is 0 Å². The SMILES string of the molecule is COc1ccc(OC(C)C)c(NC(=O)N2CCO[C@H]3CN(C(=O)OC(C)(C)C)C[C@H]32)c1. The Bertz CT molecular complexity index is 807. The van der Waals surface area contributed by atoms with Crippen LogP contribution in [0.5, 0.6) is 11.5 Å². The number of carbonyl (C=O) groups excluding carboxylic acids is 2. The first-order valence-electron chi connectivity index (χ1n) is 10.6. The summed E-state index contributed by atoms with van der Waals surface area (Å²) >= 11 is 0. The molecule has 3 rings (SSSR count). The fraction of sp³-hybridized carbons (Fsp3) is 0.636. The molecule has 0 aromatic heterocycles. The minimum absolute atomic E-state index is 0.0472. The number of methoxy groups -OCH3 is 1. The van der Waals surface area contributed by atoms with Crippen LogP contribution < -0.4 is 14.8 Å². The second-order valence-corrected chi connectivity index (χ2v) is 9.01. The van der Waals surface area contributed by atoms with Gasteiger partial charge < -0.3 is 34.1 Å². The van der Waals surface area contributed by atoms with Gasteiger partial charge in [0.25, 0.3) is 0 Å². The summed E-state index contributed by atoms with van der Waals surface area (Å²) in [5.74, 6) is 1.18. The Morgan fingerprint density at radius 1 is 1.23 bits per heavy atom. The lowest BCUT2D eigenvalue weighted by Crippen LogP contribution is -2.54. The monoisotopic (exact) mass is 435 g/mol. The van der Waals surface area contributed by atoms with E-state index >= 15 is 0 Å². The van der Waals surface area contributed by atoms with Crippen LogP contribution in [0.4, 0.5) is 15.3 Å². The molecule has 0 aliphatic carbocycles. The summed E-state index contributed by atoms with van der Waals surface area (Å²) in [6.45, 7) is 10.9. The number of morpholine rings is 1. The molecule has 2 aliphatic heterocycles. The first-order valence-corrected chi connectivity index (χ1v) is 10.6. The van der Waals surface area contributed by atoms with Gasteiger partial charge in [0, 0.05) is 19.2 Å². The van der Waals surface area contributed by atoms with Crippen LogP contribution in [0.15, 0.2) is 18.2 Å². The van der Waals surface area contributed by atoms with Crippen LogP contribution in [0.25, 0.3) is 0 Å². The highest BCUT2D eigenvalue weighted by Gasteiger charge is 2.44. The third kappa shape index (κ3) is 5.72. The van der Waals surface area contributed by atoms with Gasteiger partial charge in [0.2, 0.25) is 0 Å². The van der Waals surface area contributed by atoms with Crippen molar-refractivity contribution in [2.24, 2.45) is 0 Å². The molecule has 31 heavy (non-hydrogen) atoms. The Morgan fingerprint density at radius 2 is 1.97 bits per heavy atom. The first kappa shape index (κ1) is 23.0. The molecule has 9 nitrogen and oxygen atoms in total. The second kappa shape index (κ2) is 9.21. The van der Waals surface area contributed by atoms with Crippen molar-refractivity contribution in [2.75, 3.05) is 38.7 Å². The number of nitrogens with one attached hydrogen (secondary N) is 1. The van der Waals surface area contributed by atoms with Crippen LogP contribution in [-0.4, -0.2) is 79.1 Å². The van der Waals surface area contributed by atoms with E-state index in [2.05, 4.69) is 5.32 Å². The number of carbonyl (C=O) groups is 2. The van der Waals surface area contributed by atoms with Crippen molar-refractivity contribution in [1.29, 1.82) is 0 Å². The van der Waals surface area contributed by atoms with Gasteiger partial charge in [-0.25, -0.2) is 9.59 Å². The molecular weight excluding hydrogens is 402 g/mol. The van der Waals surface area contributed by atoms with Crippen LogP contribution in [0, 0.1) is 0 Å². The maximum absolute atomic E-state index is 13.2. The summed E-state index contributed by atoms with van der Waals surface area (Å²) < 4.78 is 22.4. The number of anilines is 1. The number of likely N-dealkylation sites (tertiary alicyclic amines) is 1. The Kier molecular flexibility index (Phi) is 6.83. The molecule has 1 N–H and O–H groups in total. The predicted molar refractivity (Wildman–Crippen MR) is 116 cm³/mol. The number of fused-ring (bicyclic) bond motifs is 1. The molecule has 1 aromatic rings. The molecular formula is C22H33N3O6. The van der Waals surface area contributed by atoms with E-state index in [1.54, 1.807) is 35.1 Å². The summed E-state index contributed by atoms with van der Waals surface area (Å²) in [6.07, 6.45) is -0.691. The van der Waals surface area contributed by atoms with E-state index < -0.39 is 11.7 Å². The van der Waals surface area contributed by atoms with Crippen LogP contribution in [-0.2, 0) is 9.47 Å². The average molecular weight is 436 g/mol. The second-order valence-electron chi connectivity index (χ2n) is 9.01. The van der Waals surface area contributed by atoms with E-state index in [1.165, 1.54) is 0 Å². The zero-order chi connectivity index (χ0) is 22.8. The molecule has 2 aliphatic rings. The number of amides is 3. The molecule has 3 amide bonds. The molecule has 2 atom stereocenters. The Morgan fingerprint density at radius 3 is 2.61 bits per heavy atom. The van der Waals surface area contributed by atoms with Crippen molar-refractivity contribution in [3.8, 4) is 11.5 Å². The molecule has 0 bridgehead atoms. The molecule has 172 valence electrons. The maximum atomic E-state index is 13.2. The number of benzene rings is 1. The first-order chi connectivity index (χ1) is 14.6. The Hall–Kier alpha value is -2.68. The minimum atomic E-state index is -0.581. The quantitative estimate of drug-likeness (QED) is 0.780. The number of hydrogen-bond donors (Lipinski definition) is 1. The number of rotatable bonds is 4. The van der Waals surface area contributed by atoms with E-state index in [1.807, 2.05) is 34.6 Å². The third-order valence-electron chi connectivity index (χ3n) is 5.00. The summed E-state index contributed by atoms with van der Waals surface area (Å²) in [5, 5.41) is 2.95. The van der Waals surface area contributed by atoms with Gasteiger partial charge in [-0.2, -0.15) is 0 Å². The zero-order valence-corrected chi connectivity index (χ0v) is 19.1. The minimum Gasteiger partial charge on any atom is -0.497 e. The standard InChI is InChI=1S/C22H33N3O6/c1-14(2)30-18-8-7-15(28-6)11-16(18)23-20(26)25-9-10-29-19-13-24(12-17(19)25)21(27)31-22(3,4)5/h7-8,11,14,17,19H,9-10,12-13H2,1-6H3,(H,23,26)/t17-,19+/m1/s1. The normalized spacial score (nSPS) is 21.0. The zero-order valence-electron chi connectivity index (χ0n) is 19.1. The highest BCUT2D eigenvalue weighted by atomic mass is 16.6. The van der Waals surface area contributed by atoms with Crippen molar-refractivity contribution >= 4 is 17.8 Å². The molecule has 1 aromatic carbocycles. The van der Waals surface area contributed by atoms with Gasteiger partial charge in [-0.1, -0.05) is 0 Å². The third-order valence-corrected chi connectivity index (χ3v) is 5.00. The largest absolute Gasteiger partial charge is 0.497 e. The van der Waals surface area contributed by atoms with Gasteiger partial charge in [0.15, 0.2) is 0 Å². The van der Waals surface area contributed by atoms with Crippen molar-refractivity contribution in [3.63, 3.8) is 0 Å². The van der Waals surface area contributed by atoms with Gasteiger partial charge in [-0.15, -0.1) is 0 Å². The fourth-order valence-corrected chi connectivity index (χ4v) is 3.69. The number of ether oxygens (including phenoxy) is 4. The van der Waals surface area contributed by atoms with Crippen molar-refractivity contribution in [1.82, 2.24) is 9.80 Å². The summed E-state index contributed by atoms with van der Waals surface area (Å²) in [7, 11) is 1.57. The summed E-state index contributed by atoms with van der Waals surface area (Å²) in [4.78, 5) is 29.0. The fourth-order valence-electron chi connectivity index (χ4n) is 3.69. The lowest BCUT2D eigenvalue weighted by atomic mass is 10.1. The predicted octanol–water partition coefficient (Wildman–Crippen LogP) is 3.33. The molecule has 2 saturated heterocycles. The number of hydrogen-bond acceptors (Lipinski definition) is 6. The van der Waals surface area contributed by atoms with Crippen LogP contribution in [0.2, 0.25) is 0 Å². The molecule has 2 heterocycles. The summed E-state index contributed by atoms with van der Waals surface area (Å²) in [5.41, 5.74) is -0.0508. The molecule has 0 saturated carbocycles. The van der Waals surface area contributed by atoms with Crippen molar-refractivity contribution < 1.29 is 28.5 Å². The topological polar surface area (TPSA) is 89.6 Å². The average Bonchev–Trinajstić information content (AvgIpc) is 3.12. The van der Waals surface area contributed by atoms with E-state index in [0.717, 1.165) is 0 Å². The van der Waals surface area contributed by atoms with Gasteiger partial charge >= 0.3 is 12.1 Å². The lowest BCUT2D eigenvalue weighted by molar-refractivity contribution is -0.0285. The molecule has 2 fully saturated rings. The highest BCUT2D eigenvalue weighted by Crippen LogP contribution is 2.31. The van der Waals surface area contributed by atoms with E-state index in [4.69, 9.17) is 18.9 Å². The number of urea groups is 1. The van der Waals surface area contributed by atoms with E-state index in [0.29, 0.717) is 43.4 Å². The molecule has 0 unspecified atom stereocenters. The summed E-state index contributed by atoms with van der Waals surface area (Å²) in [6, 6.07) is 4.77. The maximum Gasteiger partial charge on any atom is 0.410 e. The van der Waals surface area contributed by atoms with E-state index in [-0.39, 0.29) is 24.3 Å². The van der Waals surface area contributed by atoms with Gasteiger partial charge in [0.05, 0.1) is 44.2 Å². The van der Waals surface area contributed by atoms with Crippen molar-refractivity contribution in [2.45, 2.75) is 58.5 Å². The van der Waals surface area contributed by atoms with Gasteiger partial charge in [0.1, 0.15) is 17.1 Å². The Balaban J connectivity index is 1.73. The van der Waals surface area contributed by atoms with Crippen molar-refractivity contribution in [3.05, 3.63) is 18.2 Å². The number of nitrogens with zero attached hydrogens (tertiary/aromatic N) is 2. The van der Waals surface area contributed by atoms with Crippen LogP contribution in [0.1, 0.15) is 34.6 Å². The smallest absolute Gasteiger partial charge is 0.410 e. The van der Waals surface area contributed by atoms with E-state index in [9.17, 15) is 9.59 Å². The highest BCUT2D eigenvalue weighted by molar-refractivity contribution is 5.91. The van der Waals surface area contributed by atoms with Gasteiger partial charge in [-0.05, 0) is 46.8 Å². The lowest BCUT2D eigenvalue weighted by Gasteiger charge is -2.36. The molecule has 0 radical (unpaired) electrons. The van der Waals surface area contributed by atoms with Crippen LogP contribution >= 0.6 is 0 Å².